The number of rotatable bonds is 7. The first-order chi connectivity index (χ1) is 10.8. The molecule has 122 valence electrons. The maximum atomic E-state index is 5.43. The number of hydrogen-bond acceptors (Lipinski definition) is 5. The Labute approximate surface area is 133 Å². The summed E-state index contributed by atoms with van der Waals surface area (Å²) < 4.78 is 5.43. The van der Waals surface area contributed by atoms with Crippen LogP contribution in [0.4, 0.5) is 0 Å². The first-order valence-electron chi connectivity index (χ1n) is 9.10. The normalized spacial score (nSPS) is 28.6. The fourth-order valence-corrected chi connectivity index (χ4v) is 4.27. The van der Waals surface area contributed by atoms with E-state index in [1.807, 2.05) is 0 Å². The molecule has 3 aliphatic rings. The molecular weight excluding hydrogens is 276 g/mol. The van der Waals surface area contributed by atoms with Crippen molar-refractivity contribution in [3.8, 4) is 0 Å². The van der Waals surface area contributed by atoms with Gasteiger partial charge < -0.3 is 4.52 Å². The van der Waals surface area contributed by atoms with Crippen molar-refractivity contribution in [1.82, 2.24) is 19.9 Å². The molecule has 5 nitrogen and oxygen atoms in total. The third-order valence-electron chi connectivity index (χ3n) is 5.98. The van der Waals surface area contributed by atoms with E-state index in [0.717, 1.165) is 43.3 Å². The van der Waals surface area contributed by atoms with Gasteiger partial charge >= 0.3 is 0 Å². The van der Waals surface area contributed by atoms with E-state index in [1.165, 1.54) is 51.6 Å². The van der Waals surface area contributed by atoms with Crippen LogP contribution in [0.3, 0.4) is 0 Å². The van der Waals surface area contributed by atoms with Crippen molar-refractivity contribution in [2.45, 2.75) is 64.0 Å². The maximum Gasteiger partial charge on any atom is 0.229 e. The molecule has 3 fully saturated rings. The van der Waals surface area contributed by atoms with Crippen molar-refractivity contribution in [2.75, 3.05) is 26.2 Å². The van der Waals surface area contributed by atoms with Gasteiger partial charge in [-0.2, -0.15) is 4.98 Å². The van der Waals surface area contributed by atoms with Crippen LogP contribution in [0.2, 0.25) is 0 Å². The lowest BCUT2D eigenvalue weighted by Gasteiger charge is -2.29. The third kappa shape index (κ3) is 2.93. The van der Waals surface area contributed by atoms with Crippen molar-refractivity contribution in [2.24, 2.45) is 5.92 Å². The van der Waals surface area contributed by atoms with Crippen LogP contribution in [0.5, 0.6) is 0 Å². The van der Waals surface area contributed by atoms with Gasteiger partial charge in [-0.3, -0.25) is 9.80 Å². The topological polar surface area (TPSA) is 45.4 Å². The largest absolute Gasteiger partial charge is 0.339 e. The number of likely N-dealkylation sites (N-methyl/N-ethyl adjacent to an activating group) is 1. The molecule has 1 aliphatic heterocycles. The van der Waals surface area contributed by atoms with E-state index in [2.05, 4.69) is 26.9 Å². The van der Waals surface area contributed by atoms with Gasteiger partial charge in [-0.25, -0.2) is 0 Å². The summed E-state index contributed by atoms with van der Waals surface area (Å²) in [6, 6.07) is 0.874. The summed E-state index contributed by atoms with van der Waals surface area (Å²) in [5, 5.41) is 4.18. The van der Waals surface area contributed by atoms with Gasteiger partial charge in [-0.15, -0.1) is 0 Å². The molecule has 22 heavy (non-hydrogen) atoms. The van der Waals surface area contributed by atoms with E-state index in [4.69, 9.17) is 4.52 Å². The molecule has 2 heterocycles. The number of nitrogens with zero attached hydrogens (tertiary/aromatic N) is 4. The predicted octanol–water partition coefficient (Wildman–Crippen LogP) is 2.64. The smallest absolute Gasteiger partial charge is 0.229 e. The second-order valence-corrected chi connectivity index (χ2v) is 7.37. The molecule has 1 aromatic rings. The van der Waals surface area contributed by atoms with Crippen molar-refractivity contribution < 1.29 is 4.52 Å². The van der Waals surface area contributed by atoms with Crippen molar-refractivity contribution in [3.05, 3.63) is 11.7 Å². The molecule has 0 aromatic carbocycles. The van der Waals surface area contributed by atoms with Gasteiger partial charge in [0.25, 0.3) is 0 Å². The van der Waals surface area contributed by atoms with Crippen molar-refractivity contribution in [1.29, 1.82) is 0 Å². The van der Waals surface area contributed by atoms with Crippen LogP contribution in [0.15, 0.2) is 4.52 Å². The molecule has 0 radical (unpaired) electrons. The minimum absolute atomic E-state index is 0.538. The second-order valence-electron chi connectivity index (χ2n) is 7.37. The minimum Gasteiger partial charge on any atom is -0.339 e. The van der Waals surface area contributed by atoms with E-state index in [9.17, 15) is 0 Å². The number of piperidine rings is 1. The highest BCUT2D eigenvalue weighted by Crippen LogP contribution is 2.37. The summed E-state index contributed by atoms with van der Waals surface area (Å²) in [6.07, 6.45) is 8.08. The standard InChI is InChI=1S/C17H28N4O/c1-2-20(8-9-21-11-13-6-7-15(21)10-13)12-16-18-17(22-19-16)14-4-3-5-14/h13-15H,2-12H2,1H3/t13-,15+/m0/s1. The van der Waals surface area contributed by atoms with Crippen LogP contribution >= 0.6 is 0 Å². The Kier molecular flexibility index (Phi) is 4.18. The van der Waals surface area contributed by atoms with Crippen LogP contribution in [-0.2, 0) is 6.54 Å². The Morgan fingerprint density at radius 1 is 1.27 bits per heavy atom. The summed E-state index contributed by atoms with van der Waals surface area (Å²) in [7, 11) is 0. The van der Waals surface area contributed by atoms with Crippen LogP contribution in [0.25, 0.3) is 0 Å². The molecule has 2 atom stereocenters. The Hall–Kier alpha value is -0.940. The molecule has 4 rings (SSSR count). The summed E-state index contributed by atoms with van der Waals surface area (Å²) in [4.78, 5) is 9.75. The molecule has 2 bridgehead atoms. The molecule has 1 saturated heterocycles. The van der Waals surface area contributed by atoms with Gasteiger partial charge in [0, 0.05) is 31.6 Å². The monoisotopic (exact) mass is 304 g/mol. The van der Waals surface area contributed by atoms with E-state index >= 15 is 0 Å². The lowest BCUT2D eigenvalue weighted by Crippen LogP contribution is -2.39. The van der Waals surface area contributed by atoms with Crippen molar-refractivity contribution in [3.63, 3.8) is 0 Å². The number of hydrogen-bond donors (Lipinski definition) is 0. The zero-order valence-corrected chi connectivity index (χ0v) is 13.7. The first-order valence-corrected chi connectivity index (χ1v) is 9.10. The van der Waals surface area contributed by atoms with Gasteiger partial charge in [0.2, 0.25) is 5.89 Å². The van der Waals surface area contributed by atoms with Gasteiger partial charge in [-0.1, -0.05) is 18.5 Å². The number of aromatic nitrogens is 2. The molecule has 0 amide bonds. The fourth-order valence-electron chi connectivity index (χ4n) is 4.27. The van der Waals surface area contributed by atoms with Crippen LogP contribution in [0, 0.1) is 5.92 Å². The van der Waals surface area contributed by atoms with E-state index < -0.39 is 0 Å². The predicted molar refractivity (Wildman–Crippen MR) is 84.5 cm³/mol. The number of fused-ring (bicyclic) bond motifs is 2. The van der Waals surface area contributed by atoms with Gasteiger partial charge in [0.1, 0.15) is 0 Å². The third-order valence-corrected chi connectivity index (χ3v) is 5.98. The zero-order valence-electron chi connectivity index (χ0n) is 13.7. The van der Waals surface area contributed by atoms with Crippen LogP contribution < -0.4 is 0 Å². The molecule has 0 spiro atoms. The fraction of sp³-hybridized carbons (Fsp3) is 0.882. The van der Waals surface area contributed by atoms with Crippen LogP contribution in [-0.4, -0.2) is 52.2 Å². The summed E-state index contributed by atoms with van der Waals surface area (Å²) >= 11 is 0. The molecule has 2 saturated carbocycles. The molecule has 0 N–H and O–H groups in total. The van der Waals surface area contributed by atoms with Gasteiger partial charge in [0.15, 0.2) is 5.82 Å². The SMILES string of the molecule is CCN(CCN1C[C@H]2CC[C@@H]1C2)Cc1noc(C2CCC2)n1. The summed E-state index contributed by atoms with van der Waals surface area (Å²) in [6.45, 7) is 7.75. The number of likely N-dealkylation sites (tertiary alicyclic amines) is 1. The van der Waals surface area contributed by atoms with Gasteiger partial charge in [0.05, 0.1) is 6.54 Å². The minimum atomic E-state index is 0.538. The Balaban J connectivity index is 1.27. The quantitative estimate of drug-likeness (QED) is 0.775. The Bertz CT molecular complexity index is 499. The van der Waals surface area contributed by atoms with Gasteiger partial charge in [-0.05, 0) is 44.6 Å². The highest BCUT2D eigenvalue weighted by molar-refractivity contribution is 4.98. The van der Waals surface area contributed by atoms with E-state index in [1.54, 1.807) is 0 Å². The maximum absolute atomic E-state index is 5.43. The molecule has 5 heteroatoms. The highest BCUT2D eigenvalue weighted by Gasteiger charge is 2.37. The first kappa shape index (κ1) is 14.6. The van der Waals surface area contributed by atoms with Crippen molar-refractivity contribution >= 4 is 0 Å². The Morgan fingerprint density at radius 2 is 2.18 bits per heavy atom. The van der Waals surface area contributed by atoms with Crippen LogP contribution in [0.1, 0.15) is 63.1 Å². The average molecular weight is 304 g/mol. The zero-order chi connectivity index (χ0) is 14.9. The second kappa shape index (κ2) is 6.28. The highest BCUT2D eigenvalue weighted by atomic mass is 16.5. The summed E-state index contributed by atoms with van der Waals surface area (Å²) in [5.41, 5.74) is 0. The lowest BCUT2D eigenvalue weighted by atomic mass is 9.85. The van der Waals surface area contributed by atoms with E-state index in [0.29, 0.717) is 5.92 Å². The Morgan fingerprint density at radius 3 is 2.82 bits per heavy atom. The van der Waals surface area contributed by atoms with E-state index in [-0.39, 0.29) is 0 Å². The molecule has 1 aromatic heterocycles. The molecule has 0 unspecified atom stereocenters. The lowest BCUT2D eigenvalue weighted by molar-refractivity contribution is 0.169. The average Bonchev–Trinajstić information content (AvgIpc) is 3.18. The molecular formula is C17H28N4O. The molecule has 2 aliphatic carbocycles. The summed E-state index contributed by atoms with van der Waals surface area (Å²) in [5.74, 6) is 3.26.